The lowest BCUT2D eigenvalue weighted by Crippen LogP contribution is -2.00. The Labute approximate surface area is 157 Å². The van der Waals surface area contributed by atoms with E-state index in [1.807, 2.05) is 0 Å². The van der Waals surface area contributed by atoms with Crippen LogP contribution in [-0.2, 0) is 0 Å². The molecule has 0 heterocycles. The molecule has 0 aliphatic heterocycles. The predicted molar refractivity (Wildman–Crippen MR) is 101 cm³/mol. The van der Waals surface area contributed by atoms with Crippen molar-refractivity contribution in [2.24, 2.45) is 0 Å². The Morgan fingerprint density at radius 3 is 1.33 bits per heavy atom. The third-order valence-electron chi connectivity index (χ3n) is 4.37. The summed E-state index contributed by atoms with van der Waals surface area (Å²) < 4.78 is 0. The van der Waals surface area contributed by atoms with Crippen molar-refractivity contribution in [3.05, 3.63) is 47.5 Å². The van der Waals surface area contributed by atoms with E-state index in [0.29, 0.717) is 25.7 Å². The standard InChI is InChI=1S/C21H24O6/c22-14-8-10-16(20(26)12-14)18(24)6-4-2-1-3-5-7-19(25)17-11-9-15(23)13-21(17)27/h8-13,22-23,26-27H,1-7H2. The van der Waals surface area contributed by atoms with Crippen LogP contribution in [0.4, 0.5) is 0 Å². The van der Waals surface area contributed by atoms with Gasteiger partial charge in [-0.1, -0.05) is 19.3 Å². The van der Waals surface area contributed by atoms with Gasteiger partial charge in [-0.15, -0.1) is 0 Å². The summed E-state index contributed by atoms with van der Waals surface area (Å²) in [6.45, 7) is 0. The van der Waals surface area contributed by atoms with Crippen molar-refractivity contribution in [2.75, 3.05) is 0 Å². The monoisotopic (exact) mass is 372 g/mol. The fourth-order valence-corrected chi connectivity index (χ4v) is 2.88. The van der Waals surface area contributed by atoms with Crippen LogP contribution < -0.4 is 0 Å². The Morgan fingerprint density at radius 1 is 0.593 bits per heavy atom. The van der Waals surface area contributed by atoms with Crippen molar-refractivity contribution < 1.29 is 30.0 Å². The van der Waals surface area contributed by atoms with Crippen LogP contribution in [0, 0.1) is 0 Å². The molecule has 2 aromatic carbocycles. The highest BCUT2D eigenvalue weighted by Crippen LogP contribution is 2.25. The third kappa shape index (κ3) is 6.02. The third-order valence-corrected chi connectivity index (χ3v) is 4.37. The quantitative estimate of drug-likeness (QED) is 0.365. The molecule has 0 atom stereocenters. The van der Waals surface area contributed by atoms with Crippen molar-refractivity contribution in [1.82, 2.24) is 0 Å². The second kappa shape index (κ2) is 9.62. The summed E-state index contributed by atoms with van der Waals surface area (Å²) in [6, 6.07) is 7.87. The number of rotatable bonds is 10. The molecule has 27 heavy (non-hydrogen) atoms. The lowest BCUT2D eigenvalue weighted by Gasteiger charge is -2.06. The fourth-order valence-electron chi connectivity index (χ4n) is 2.88. The van der Waals surface area contributed by atoms with Crippen LogP contribution in [0.1, 0.15) is 65.7 Å². The summed E-state index contributed by atoms with van der Waals surface area (Å²) in [4.78, 5) is 24.1. The predicted octanol–water partition coefficient (Wildman–Crippen LogP) is 4.31. The molecule has 144 valence electrons. The van der Waals surface area contributed by atoms with Crippen LogP contribution in [0.2, 0.25) is 0 Å². The Kier molecular flexibility index (Phi) is 7.23. The molecule has 0 aliphatic rings. The van der Waals surface area contributed by atoms with Gasteiger partial charge in [-0.2, -0.15) is 0 Å². The molecule has 6 nitrogen and oxygen atoms in total. The van der Waals surface area contributed by atoms with Crippen LogP contribution in [0.15, 0.2) is 36.4 Å². The molecule has 0 amide bonds. The maximum absolute atomic E-state index is 12.0. The van der Waals surface area contributed by atoms with E-state index in [4.69, 9.17) is 0 Å². The molecule has 0 saturated heterocycles. The Balaban J connectivity index is 1.63. The number of carbonyl (C=O) groups is 2. The fraction of sp³-hybridized carbons (Fsp3) is 0.333. The van der Waals surface area contributed by atoms with Crippen LogP contribution >= 0.6 is 0 Å². The number of benzene rings is 2. The van der Waals surface area contributed by atoms with Gasteiger partial charge in [0.1, 0.15) is 23.0 Å². The first kappa shape index (κ1) is 20.3. The molecule has 4 N–H and O–H groups in total. The van der Waals surface area contributed by atoms with E-state index in [2.05, 4.69) is 0 Å². The van der Waals surface area contributed by atoms with E-state index in [0.717, 1.165) is 31.4 Å². The molecule has 6 heteroatoms. The molecular formula is C21H24O6. The number of Topliss-reactive ketones (excluding diaryl/α,β-unsaturated/α-hetero) is 2. The van der Waals surface area contributed by atoms with Gasteiger partial charge in [0.25, 0.3) is 0 Å². The molecule has 0 unspecified atom stereocenters. The Hall–Kier alpha value is -3.02. The zero-order valence-electron chi connectivity index (χ0n) is 15.0. The van der Waals surface area contributed by atoms with Crippen molar-refractivity contribution >= 4 is 11.6 Å². The van der Waals surface area contributed by atoms with Crippen molar-refractivity contribution in [3.8, 4) is 23.0 Å². The summed E-state index contributed by atoms with van der Waals surface area (Å²) in [5, 5.41) is 37.8. The smallest absolute Gasteiger partial charge is 0.166 e. The van der Waals surface area contributed by atoms with Gasteiger partial charge in [0, 0.05) is 25.0 Å². The largest absolute Gasteiger partial charge is 0.508 e. The van der Waals surface area contributed by atoms with Crippen LogP contribution in [-0.4, -0.2) is 32.0 Å². The van der Waals surface area contributed by atoms with E-state index in [-0.39, 0.29) is 45.7 Å². The molecule has 2 aromatic rings. The molecule has 0 fully saturated rings. The molecular weight excluding hydrogens is 348 g/mol. The number of aromatic hydroxyl groups is 4. The van der Waals surface area contributed by atoms with Crippen LogP contribution in [0.5, 0.6) is 23.0 Å². The van der Waals surface area contributed by atoms with Crippen molar-refractivity contribution in [2.45, 2.75) is 44.9 Å². The zero-order chi connectivity index (χ0) is 19.8. The minimum atomic E-state index is -0.212. The minimum absolute atomic E-state index is 0.0841. The first-order valence-electron chi connectivity index (χ1n) is 8.99. The van der Waals surface area contributed by atoms with Crippen molar-refractivity contribution in [3.63, 3.8) is 0 Å². The van der Waals surface area contributed by atoms with Crippen LogP contribution in [0.25, 0.3) is 0 Å². The van der Waals surface area contributed by atoms with Gasteiger partial charge in [0.2, 0.25) is 0 Å². The first-order chi connectivity index (χ1) is 12.9. The summed E-state index contributed by atoms with van der Waals surface area (Å²) in [5.41, 5.74) is 0.430. The molecule has 0 aromatic heterocycles. The van der Waals surface area contributed by atoms with E-state index >= 15 is 0 Å². The maximum atomic E-state index is 12.0. The highest BCUT2D eigenvalue weighted by Gasteiger charge is 2.12. The van der Waals surface area contributed by atoms with E-state index in [1.165, 1.54) is 24.3 Å². The summed E-state index contributed by atoms with van der Waals surface area (Å²) in [5.74, 6) is -0.915. The van der Waals surface area contributed by atoms with Gasteiger partial charge < -0.3 is 20.4 Å². The molecule has 0 aliphatic carbocycles. The number of phenolic OH excluding ortho intramolecular Hbond substituents is 4. The van der Waals surface area contributed by atoms with E-state index in [9.17, 15) is 30.0 Å². The Bertz CT molecular complexity index is 745. The zero-order valence-corrected chi connectivity index (χ0v) is 15.0. The first-order valence-corrected chi connectivity index (χ1v) is 8.99. The second-order valence-corrected chi connectivity index (χ2v) is 6.52. The maximum Gasteiger partial charge on any atom is 0.166 e. The molecule has 0 bridgehead atoms. The van der Waals surface area contributed by atoms with Gasteiger partial charge in [0.05, 0.1) is 11.1 Å². The number of carbonyl (C=O) groups excluding carboxylic acids is 2. The van der Waals surface area contributed by atoms with Crippen molar-refractivity contribution in [1.29, 1.82) is 0 Å². The summed E-state index contributed by atoms with van der Waals surface area (Å²) in [7, 11) is 0. The van der Waals surface area contributed by atoms with E-state index in [1.54, 1.807) is 0 Å². The Morgan fingerprint density at radius 2 is 0.963 bits per heavy atom. The van der Waals surface area contributed by atoms with Gasteiger partial charge >= 0.3 is 0 Å². The van der Waals surface area contributed by atoms with Gasteiger partial charge in [-0.05, 0) is 37.1 Å². The molecule has 0 saturated carbocycles. The average molecular weight is 372 g/mol. The topological polar surface area (TPSA) is 115 Å². The molecule has 2 rings (SSSR count). The minimum Gasteiger partial charge on any atom is -0.508 e. The van der Waals surface area contributed by atoms with Crippen LogP contribution in [0.3, 0.4) is 0 Å². The summed E-state index contributed by atoms with van der Waals surface area (Å²) in [6.07, 6.45) is 4.56. The van der Waals surface area contributed by atoms with Gasteiger partial charge in [-0.25, -0.2) is 0 Å². The SMILES string of the molecule is O=C(CCCCCCCC(=O)c1ccc(O)cc1O)c1ccc(O)cc1O. The lowest BCUT2D eigenvalue weighted by molar-refractivity contribution is 0.0970. The summed E-state index contributed by atoms with van der Waals surface area (Å²) >= 11 is 0. The molecule has 0 spiro atoms. The number of hydrogen-bond acceptors (Lipinski definition) is 6. The molecule has 0 radical (unpaired) electrons. The highest BCUT2D eigenvalue weighted by atomic mass is 16.3. The number of phenols is 4. The number of unbranched alkanes of at least 4 members (excludes halogenated alkanes) is 4. The number of hydrogen-bond donors (Lipinski definition) is 4. The normalized spacial score (nSPS) is 10.7. The average Bonchev–Trinajstić information content (AvgIpc) is 2.60. The second-order valence-electron chi connectivity index (χ2n) is 6.52. The highest BCUT2D eigenvalue weighted by molar-refractivity contribution is 5.99. The van der Waals surface area contributed by atoms with Gasteiger partial charge in [0.15, 0.2) is 11.6 Å². The number of ketones is 2. The lowest BCUT2D eigenvalue weighted by atomic mass is 10.0. The van der Waals surface area contributed by atoms with Gasteiger partial charge in [-0.3, -0.25) is 9.59 Å². The van der Waals surface area contributed by atoms with E-state index < -0.39 is 0 Å².